The maximum atomic E-state index is 12.4. The highest BCUT2D eigenvalue weighted by Crippen LogP contribution is 2.20. The number of rotatable bonds is 16. The molecule has 0 heterocycles. The molecule has 0 aliphatic heterocycles. The van der Waals surface area contributed by atoms with Gasteiger partial charge >= 0.3 is 5.97 Å². The first-order valence-corrected chi connectivity index (χ1v) is 11.9. The first-order chi connectivity index (χ1) is 15.6. The van der Waals surface area contributed by atoms with Crippen molar-refractivity contribution >= 4 is 5.97 Å². The number of ether oxygens (including phenoxy) is 3. The summed E-state index contributed by atoms with van der Waals surface area (Å²) in [5.74, 6) is 2.39. The third kappa shape index (κ3) is 10.0. The van der Waals surface area contributed by atoms with E-state index in [-0.39, 0.29) is 5.97 Å². The van der Waals surface area contributed by atoms with Crippen molar-refractivity contribution in [2.75, 3.05) is 13.2 Å². The predicted molar refractivity (Wildman–Crippen MR) is 131 cm³/mol. The third-order valence-corrected chi connectivity index (χ3v) is 5.50. The van der Waals surface area contributed by atoms with Crippen molar-refractivity contribution in [1.29, 1.82) is 0 Å². The largest absolute Gasteiger partial charge is 0.494 e. The van der Waals surface area contributed by atoms with Crippen LogP contribution in [-0.2, 0) is 0 Å². The van der Waals surface area contributed by atoms with Gasteiger partial charge in [0, 0.05) is 0 Å². The summed E-state index contributed by atoms with van der Waals surface area (Å²) in [6, 6.07) is 14.3. The summed E-state index contributed by atoms with van der Waals surface area (Å²) < 4.78 is 17.0. The molecule has 0 aromatic heterocycles. The Morgan fingerprint density at radius 3 is 2.03 bits per heavy atom. The van der Waals surface area contributed by atoms with E-state index in [4.69, 9.17) is 14.2 Å². The van der Waals surface area contributed by atoms with Crippen LogP contribution in [0.2, 0.25) is 0 Å². The van der Waals surface area contributed by atoms with Crippen molar-refractivity contribution < 1.29 is 19.0 Å². The van der Waals surface area contributed by atoms with E-state index in [1.807, 2.05) is 30.3 Å². The fraction of sp³-hybridized carbons (Fsp3) is 0.464. The van der Waals surface area contributed by atoms with Crippen LogP contribution in [0.4, 0.5) is 0 Å². The molecule has 0 aliphatic rings. The molecule has 4 nitrogen and oxygen atoms in total. The highest BCUT2D eigenvalue weighted by molar-refractivity contribution is 5.91. The van der Waals surface area contributed by atoms with Crippen LogP contribution in [-0.4, -0.2) is 19.2 Å². The topological polar surface area (TPSA) is 44.8 Å². The molecule has 0 bridgehead atoms. The minimum absolute atomic E-state index is 0.387. The van der Waals surface area contributed by atoms with Gasteiger partial charge in [-0.2, -0.15) is 0 Å². The number of hydrogen-bond donors (Lipinski definition) is 0. The Hall–Kier alpha value is -2.75. The van der Waals surface area contributed by atoms with Crippen LogP contribution in [0, 0.1) is 5.92 Å². The standard InChI is InChI=1S/C28H38O4/c1-4-6-7-8-9-10-21-30-26-17-19-27(20-18-26)32-28(29)24-13-15-25(16-14-24)31-22-11-12-23(3)5-2/h4,13-20,23H,1,5-12,21-22H2,2-3H3/t23-/m0/s1. The predicted octanol–water partition coefficient (Wildman–Crippen LogP) is 7.63. The summed E-state index contributed by atoms with van der Waals surface area (Å²) in [6.45, 7) is 9.59. The number of carbonyl (C=O) groups is 1. The van der Waals surface area contributed by atoms with E-state index in [1.165, 1.54) is 25.7 Å². The van der Waals surface area contributed by atoms with Crippen LogP contribution in [0.5, 0.6) is 17.2 Å². The van der Waals surface area contributed by atoms with Crippen LogP contribution in [0.25, 0.3) is 0 Å². The Balaban J connectivity index is 1.70. The zero-order chi connectivity index (χ0) is 23.0. The van der Waals surface area contributed by atoms with E-state index >= 15 is 0 Å². The highest BCUT2D eigenvalue weighted by Gasteiger charge is 2.09. The van der Waals surface area contributed by atoms with Crippen molar-refractivity contribution in [2.24, 2.45) is 5.92 Å². The third-order valence-electron chi connectivity index (χ3n) is 5.50. The van der Waals surface area contributed by atoms with Crippen LogP contribution >= 0.6 is 0 Å². The average Bonchev–Trinajstić information content (AvgIpc) is 2.82. The fourth-order valence-corrected chi connectivity index (χ4v) is 3.22. The van der Waals surface area contributed by atoms with Gasteiger partial charge in [-0.3, -0.25) is 0 Å². The Kier molecular flexibility index (Phi) is 12.1. The first kappa shape index (κ1) is 25.5. The molecule has 0 N–H and O–H groups in total. The van der Waals surface area contributed by atoms with Gasteiger partial charge in [0.1, 0.15) is 17.2 Å². The summed E-state index contributed by atoms with van der Waals surface area (Å²) in [5, 5.41) is 0. The molecule has 1 atom stereocenters. The number of benzene rings is 2. The Labute approximate surface area is 193 Å². The lowest BCUT2D eigenvalue weighted by atomic mass is 10.0. The zero-order valence-corrected chi connectivity index (χ0v) is 19.7. The minimum atomic E-state index is -0.387. The van der Waals surface area contributed by atoms with Crippen LogP contribution in [0.15, 0.2) is 61.2 Å². The molecule has 0 aliphatic carbocycles. The zero-order valence-electron chi connectivity index (χ0n) is 19.7. The highest BCUT2D eigenvalue weighted by atomic mass is 16.5. The van der Waals surface area contributed by atoms with Gasteiger partial charge in [-0.25, -0.2) is 4.79 Å². The SMILES string of the molecule is C=CCCCCCCOc1ccc(OC(=O)c2ccc(OCCC[C@@H](C)CC)cc2)cc1. The number of esters is 1. The quantitative estimate of drug-likeness (QED) is 0.117. The second-order valence-electron chi connectivity index (χ2n) is 8.23. The lowest BCUT2D eigenvalue weighted by molar-refractivity contribution is 0.0734. The lowest BCUT2D eigenvalue weighted by Crippen LogP contribution is -2.08. The molecule has 2 aromatic carbocycles. The van der Waals surface area contributed by atoms with Gasteiger partial charge in [0.25, 0.3) is 0 Å². The van der Waals surface area contributed by atoms with Gasteiger partial charge in [0.2, 0.25) is 0 Å². The van der Waals surface area contributed by atoms with E-state index < -0.39 is 0 Å². The summed E-state index contributed by atoms with van der Waals surface area (Å²) in [5.41, 5.74) is 0.494. The molecule has 0 spiro atoms. The average molecular weight is 439 g/mol. The van der Waals surface area contributed by atoms with Gasteiger partial charge < -0.3 is 14.2 Å². The van der Waals surface area contributed by atoms with Crippen molar-refractivity contribution in [1.82, 2.24) is 0 Å². The molecule has 0 amide bonds. The molecule has 4 heteroatoms. The van der Waals surface area contributed by atoms with E-state index in [0.29, 0.717) is 24.5 Å². The molecule has 0 radical (unpaired) electrons. The lowest BCUT2D eigenvalue weighted by Gasteiger charge is -2.10. The van der Waals surface area contributed by atoms with Crippen LogP contribution < -0.4 is 14.2 Å². The molecule has 0 saturated heterocycles. The molecular formula is C28H38O4. The van der Waals surface area contributed by atoms with E-state index in [9.17, 15) is 4.79 Å². The van der Waals surface area contributed by atoms with Gasteiger partial charge in [-0.05, 0) is 86.6 Å². The molecule has 0 unspecified atom stereocenters. The van der Waals surface area contributed by atoms with Crippen molar-refractivity contribution in [3.8, 4) is 17.2 Å². The molecule has 174 valence electrons. The number of carbonyl (C=O) groups excluding carboxylic acids is 1. The Morgan fingerprint density at radius 2 is 1.41 bits per heavy atom. The van der Waals surface area contributed by atoms with E-state index in [2.05, 4.69) is 20.4 Å². The fourth-order valence-electron chi connectivity index (χ4n) is 3.22. The molecule has 2 aromatic rings. The number of allylic oxidation sites excluding steroid dienone is 1. The number of hydrogen-bond acceptors (Lipinski definition) is 4. The minimum Gasteiger partial charge on any atom is -0.494 e. The smallest absolute Gasteiger partial charge is 0.343 e. The van der Waals surface area contributed by atoms with Crippen LogP contribution in [0.3, 0.4) is 0 Å². The summed E-state index contributed by atoms with van der Waals surface area (Å²) in [6.07, 6.45) is 11.0. The molecule has 0 saturated carbocycles. The normalized spacial score (nSPS) is 11.6. The monoisotopic (exact) mass is 438 g/mol. The van der Waals surface area contributed by atoms with Gasteiger partial charge in [-0.15, -0.1) is 6.58 Å². The molecule has 2 rings (SSSR count). The summed E-state index contributed by atoms with van der Waals surface area (Å²) >= 11 is 0. The second-order valence-corrected chi connectivity index (χ2v) is 8.23. The van der Waals surface area contributed by atoms with Crippen molar-refractivity contribution in [3.63, 3.8) is 0 Å². The molecule has 32 heavy (non-hydrogen) atoms. The van der Waals surface area contributed by atoms with Gasteiger partial charge in [0.15, 0.2) is 0 Å². The summed E-state index contributed by atoms with van der Waals surface area (Å²) in [4.78, 5) is 12.4. The Bertz CT molecular complexity index is 780. The Morgan fingerprint density at radius 1 is 0.844 bits per heavy atom. The summed E-state index contributed by atoms with van der Waals surface area (Å²) in [7, 11) is 0. The van der Waals surface area contributed by atoms with Gasteiger partial charge in [-0.1, -0.05) is 39.2 Å². The van der Waals surface area contributed by atoms with Crippen molar-refractivity contribution in [2.45, 2.75) is 65.2 Å². The van der Waals surface area contributed by atoms with E-state index in [1.54, 1.807) is 24.3 Å². The molecular weight excluding hydrogens is 400 g/mol. The van der Waals surface area contributed by atoms with Gasteiger partial charge in [0.05, 0.1) is 18.8 Å². The second kappa shape index (κ2) is 15.1. The number of unbranched alkanes of at least 4 members (excludes halogenated alkanes) is 4. The maximum Gasteiger partial charge on any atom is 0.343 e. The first-order valence-electron chi connectivity index (χ1n) is 11.9. The van der Waals surface area contributed by atoms with E-state index in [0.717, 1.165) is 43.1 Å². The van der Waals surface area contributed by atoms with Crippen molar-refractivity contribution in [3.05, 3.63) is 66.7 Å². The molecule has 0 fully saturated rings. The van der Waals surface area contributed by atoms with Crippen LogP contribution in [0.1, 0.15) is 75.6 Å². The maximum absolute atomic E-state index is 12.4.